The fourth-order valence-electron chi connectivity index (χ4n) is 2.35. The number of nitrogens with zero attached hydrogens (tertiary/aromatic N) is 1. The molecule has 1 aromatic rings. The van der Waals surface area contributed by atoms with Crippen molar-refractivity contribution in [3.05, 3.63) is 35.9 Å². The number of likely N-dealkylation sites (N-methyl/N-ethyl adjacent to an activating group) is 1. The second-order valence-electron chi connectivity index (χ2n) is 5.00. The highest BCUT2D eigenvalue weighted by molar-refractivity contribution is 5.74. The standard InChI is InChI=1S/C16H26N2O2/c1-4-18(5-2)12-11-17-15(16(19)20)13(3)14-9-7-6-8-10-14/h6-10,13,15,17H,4-5,11-12H2,1-3H3,(H,19,20). The lowest BCUT2D eigenvalue weighted by Crippen LogP contribution is -2.44. The molecule has 20 heavy (non-hydrogen) atoms. The van der Waals surface area contributed by atoms with Gasteiger partial charge in [0.1, 0.15) is 6.04 Å². The van der Waals surface area contributed by atoms with Gasteiger partial charge >= 0.3 is 5.97 Å². The van der Waals surface area contributed by atoms with Gasteiger partial charge in [-0.1, -0.05) is 51.1 Å². The maximum absolute atomic E-state index is 11.5. The van der Waals surface area contributed by atoms with E-state index in [-0.39, 0.29) is 5.92 Å². The summed E-state index contributed by atoms with van der Waals surface area (Å²) < 4.78 is 0. The van der Waals surface area contributed by atoms with Crippen molar-refractivity contribution in [1.82, 2.24) is 10.2 Å². The molecule has 0 spiro atoms. The van der Waals surface area contributed by atoms with Gasteiger partial charge in [-0.3, -0.25) is 4.79 Å². The second-order valence-corrected chi connectivity index (χ2v) is 5.00. The van der Waals surface area contributed by atoms with Gasteiger partial charge in [0, 0.05) is 19.0 Å². The first-order valence-corrected chi connectivity index (χ1v) is 7.33. The molecular formula is C16H26N2O2. The Morgan fingerprint density at radius 2 is 1.85 bits per heavy atom. The maximum Gasteiger partial charge on any atom is 0.321 e. The second kappa shape index (κ2) is 8.72. The summed E-state index contributed by atoms with van der Waals surface area (Å²) in [5, 5.41) is 12.6. The van der Waals surface area contributed by atoms with E-state index < -0.39 is 12.0 Å². The van der Waals surface area contributed by atoms with Crippen LogP contribution in [0.4, 0.5) is 0 Å². The molecule has 2 unspecified atom stereocenters. The summed E-state index contributed by atoms with van der Waals surface area (Å²) in [6.45, 7) is 9.73. The third kappa shape index (κ3) is 4.94. The van der Waals surface area contributed by atoms with Crippen LogP contribution in [0, 0.1) is 0 Å². The first-order chi connectivity index (χ1) is 9.60. The van der Waals surface area contributed by atoms with Gasteiger partial charge in [-0.25, -0.2) is 0 Å². The van der Waals surface area contributed by atoms with Crippen LogP contribution in [0.5, 0.6) is 0 Å². The van der Waals surface area contributed by atoms with E-state index in [4.69, 9.17) is 0 Å². The van der Waals surface area contributed by atoms with Gasteiger partial charge in [0.05, 0.1) is 0 Å². The molecule has 0 fully saturated rings. The summed E-state index contributed by atoms with van der Waals surface area (Å²) in [5.74, 6) is -0.841. The average molecular weight is 278 g/mol. The molecule has 0 aliphatic rings. The van der Waals surface area contributed by atoms with Crippen LogP contribution < -0.4 is 5.32 Å². The van der Waals surface area contributed by atoms with Crippen molar-refractivity contribution in [2.75, 3.05) is 26.2 Å². The van der Waals surface area contributed by atoms with Crippen LogP contribution in [0.15, 0.2) is 30.3 Å². The molecule has 2 N–H and O–H groups in total. The lowest BCUT2D eigenvalue weighted by atomic mass is 9.93. The minimum absolute atomic E-state index is 0.0506. The summed E-state index contributed by atoms with van der Waals surface area (Å²) in [5.41, 5.74) is 1.05. The molecule has 0 amide bonds. The zero-order valence-electron chi connectivity index (χ0n) is 12.7. The van der Waals surface area contributed by atoms with Crippen LogP contribution in [-0.4, -0.2) is 48.2 Å². The molecule has 0 aliphatic carbocycles. The molecular weight excluding hydrogens is 252 g/mol. The summed E-state index contributed by atoms with van der Waals surface area (Å²) in [7, 11) is 0. The Bertz CT molecular complexity index is 391. The average Bonchev–Trinajstić information content (AvgIpc) is 2.47. The predicted octanol–water partition coefficient (Wildman–Crippen LogP) is 2.17. The van der Waals surface area contributed by atoms with Gasteiger partial charge < -0.3 is 15.3 Å². The summed E-state index contributed by atoms with van der Waals surface area (Å²) in [4.78, 5) is 13.7. The van der Waals surface area contributed by atoms with E-state index in [1.807, 2.05) is 37.3 Å². The van der Waals surface area contributed by atoms with Crippen LogP contribution in [0.1, 0.15) is 32.3 Å². The summed E-state index contributed by atoms with van der Waals surface area (Å²) >= 11 is 0. The molecule has 0 aliphatic heterocycles. The van der Waals surface area contributed by atoms with Gasteiger partial charge in [-0.05, 0) is 18.7 Å². The van der Waals surface area contributed by atoms with Crippen LogP contribution in [-0.2, 0) is 4.79 Å². The van der Waals surface area contributed by atoms with E-state index in [1.165, 1.54) is 0 Å². The van der Waals surface area contributed by atoms with Gasteiger partial charge in [0.2, 0.25) is 0 Å². The molecule has 4 heteroatoms. The van der Waals surface area contributed by atoms with Gasteiger partial charge in [-0.15, -0.1) is 0 Å². The van der Waals surface area contributed by atoms with Crippen molar-refractivity contribution in [3.63, 3.8) is 0 Å². The van der Waals surface area contributed by atoms with Crippen molar-refractivity contribution >= 4 is 5.97 Å². The number of nitrogens with one attached hydrogen (secondary N) is 1. The smallest absolute Gasteiger partial charge is 0.321 e. The highest BCUT2D eigenvalue weighted by Crippen LogP contribution is 2.19. The van der Waals surface area contributed by atoms with Crippen molar-refractivity contribution in [3.8, 4) is 0 Å². The third-order valence-corrected chi connectivity index (χ3v) is 3.78. The number of carbonyl (C=O) groups is 1. The Kier molecular flexibility index (Phi) is 7.26. The first kappa shape index (κ1) is 16.7. The molecule has 0 bridgehead atoms. The van der Waals surface area contributed by atoms with E-state index in [0.717, 1.165) is 25.2 Å². The Balaban J connectivity index is 2.59. The topological polar surface area (TPSA) is 52.6 Å². The van der Waals surface area contributed by atoms with Crippen LogP contribution in [0.2, 0.25) is 0 Å². The Morgan fingerprint density at radius 1 is 1.25 bits per heavy atom. The largest absolute Gasteiger partial charge is 0.480 e. The number of carboxylic acids is 1. The normalized spacial score (nSPS) is 14.2. The fraction of sp³-hybridized carbons (Fsp3) is 0.562. The third-order valence-electron chi connectivity index (χ3n) is 3.78. The Hall–Kier alpha value is -1.39. The Labute approximate surface area is 121 Å². The van der Waals surface area contributed by atoms with Crippen LogP contribution >= 0.6 is 0 Å². The highest BCUT2D eigenvalue weighted by Gasteiger charge is 2.25. The van der Waals surface area contributed by atoms with Crippen molar-refractivity contribution in [1.29, 1.82) is 0 Å². The van der Waals surface area contributed by atoms with Crippen molar-refractivity contribution in [2.45, 2.75) is 32.7 Å². The molecule has 0 radical (unpaired) electrons. The fourth-order valence-corrected chi connectivity index (χ4v) is 2.35. The zero-order valence-corrected chi connectivity index (χ0v) is 12.7. The lowest BCUT2D eigenvalue weighted by molar-refractivity contribution is -0.140. The number of benzene rings is 1. The number of aliphatic carboxylic acids is 1. The number of hydrogen-bond donors (Lipinski definition) is 2. The quantitative estimate of drug-likeness (QED) is 0.727. The van der Waals surface area contributed by atoms with E-state index in [2.05, 4.69) is 24.1 Å². The van der Waals surface area contributed by atoms with E-state index >= 15 is 0 Å². The molecule has 1 aromatic carbocycles. The van der Waals surface area contributed by atoms with Crippen molar-refractivity contribution in [2.24, 2.45) is 0 Å². The minimum atomic E-state index is -0.791. The summed E-state index contributed by atoms with van der Waals surface area (Å²) in [6.07, 6.45) is 0. The number of hydrogen-bond acceptors (Lipinski definition) is 3. The molecule has 112 valence electrons. The van der Waals surface area contributed by atoms with E-state index in [9.17, 15) is 9.90 Å². The van der Waals surface area contributed by atoms with Gasteiger partial charge in [0.25, 0.3) is 0 Å². The van der Waals surface area contributed by atoms with Gasteiger partial charge in [-0.2, -0.15) is 0 Å². The predicted molar refractivity (Wildman–Crippen MR) is 82.1 cm³/mol. The molecule has 0 aromatic heterocycles. The van der Waals surface area contributed by atoms with E-state index in [0.29, 0.717) is 6.54 Å². The Morgan fingerprint density at radius 3 is 2.35 bits per heavy atom. The van der Waals surface area contributed by atoms with Crippen LogP contribution in [0.25, 0.3) is 0 Å². The lowest BCUT2D eigenvalue weighted by Gasteiger charge is -2.24. The number of rotatable bonds is 9. The van der Waals surface area contributed by atoms with Crippen LogP contribution in [0.3, 0.4) is 0 Å². The molecule has 2 atom stereocenters. The molecule has 0 saturated heterocycles. The minimum Gasteiger partial charge on any atom is -0.480 e. The van der Waals surface area contributed by atoms with Crippen molar-refractivity contribution < 1.29 is 9.90 Å². The summed E-state index contributed by atoms with van der Waals surface area (Å²) in [6, 6.07) is 9.24. The highest BCUT2D eigenvalue weighted by atomic mass is 16.4. The van der Waals surface area contributed by atoms with E-state index in [1.54, 1.807) is 0 Å². The first-order valence-electron chi connectivity index (χ1n) is 7.33. The molecule has 4 nitrogen and oxygen atoms in total. The SMILES string of the molecule is CCN(CC)CCNC(C(=O)O)C(C)c1ccccc1. The zero-order chi connectivity index (χ0) is 15.0. The maximum atomic E-state index is 11.5. The molecule has 0 heterocycles. The van der Waals surface area contributed by atoms with Gasteiger partial charge in [0.15, 0.2) is 0 Å². The molecule has 1 rings (SSSR count). The monoisotopic (exact) mass is 278 g/mol. The number of carboxylic acid groups (broad SMARTS) is 1. The molecule has 0 saturated carbocycles.